The number of amides is 1. The van der Waals surface area contributed by atoms with Crippen molar-refractivity contribution in [2.75, 3.05) is 31.6 Å². The number of pyridine rings is 1. The van der Waals surface area contributed by atoms with Gasteiger partial charge in [-0.2, -0.15) is 0 Å². The van der Waals surface area contributed by atoms with E-state index in [1.54, 1.807) is 24.3 Å². The van der Waals surface area contributed by atoms with Crippen LogP contribution >= 0.6 is 0 Å². The predicted molar refractivity (Wildman–Crippen MR) is 137 cm³/mol. The molecule has 194 valence electrons. The van der Waals surface area contributed by atoms with Crippen LogP contribution in [0.5, 0.6) is 0 Å². The average molecular weight is 496 g/mol. The fourth-order valence-electron chi connectivity index (χ4n) is 4.97. The molecule has 1 aliphatic carbocycles. The predicted octanol–water partition coefficient (Wildman–Crippen LogP) is 3.15. The second-order valence-electron chi connectivity index (χ2n) is 9.92. The lowest BCUT2D eigenvalue weighted by atomic mass is 9.79. The van der Waals surface area contributed by atoms with Crippen molar-refractivity contribution in [3.05, 3.63) is 59.3 Å². The Labute approximate surface area is 212 Å². The number of aryl methyl sites for hydroxylation is 2. The molecule has 0 bridgehead atoms. The minimum Gasteiger partial charge on any atom is -0.481 e. The zero-order valence-electron chi connectivity index (χ0n) is 20.7. The number of aliphatic hydroxyl groups excluding tert-OH is 1. The van der Waals surface area contributed by atoms with E-state index >= 15 is 0 Å². The summed E-state index contributed by atoms with van der Waals surface area (Å²) >= 11 is 0. The van der Waals surface area contributed by atoms with Crippen LogP contribution < -0.4 is 10.6 Å². The Kier molecular flexibility index (Phi) is 9.30. The smallest absolute Gasteiger partial charge is 0.308 e. The van der Waals surface area contributed by atoms with Crippen molar-refractivity contribution in [1.29, 1.82) is 0 Å². The molecule has 8 heteroatoms. The van der Waals surface area contributed by atoms with Gasteiger partial charge < -0.3 is 25.6 Å². The minimum absolute atomic E-state index is 0.0107. The maximum atomic E-state index is 12.5. The Bertz CT molecular complexity index is 1010. The van der Waals surface area contributed by atoms with Gasteiger partial charge in [0.25, 0.3) is 0 Å². The second-order valence-corrected chi connectivity index (χ2v) is 9.92. The molecular weight excluding hydrogens is 458 g/mol. The summed E-state index contributed by atoms with van der Waals surface area (Å²) in [4.78, 5) is 29.0. The molecule has 2 atom stereocenters. The van der Waals surface area contributed by atoms with Crippen LogP contribution in [0.25, 0.3) is 0 Å². The fourth-order valence-corrected chi connectivity index (χ4v) is 4.97. The van der Waals surface area contributed by atoms with Gasteiger partial charge >= 0.3 is 5.97 Å². The summed E-state index contributed by atoms with van der Waals surface area (Å²) in [7, 11) is 0. The first-order chi connectivity index (χ1) is 17.5. The molecule has 1 aromatic heterocycles. The van der Waals surface area contributed by atoms with Crippen LogP contribution in [0, 0.1) is 11.8 Å². The number of nitrogens with one attached hydrogen (secondary N) is 2. The summed E-state index contributed by atoms with van der Waals surface area (Å²) in [5, 5.41) is 25.3. The molecule has 1 saturated carbocycles. The first-order valence-corrected chi connectivity index (χ1v) is 13.0. The number of fused-ring (bicyclic) bond motifs is 1. The summed E-state index contributed by atoms with van der Waals surface area (Å²) in [6.45, 7) is 1.03. The van der Waals surface area contributed by atoms with Crippen molar-refractivity contribution in [1.82, 2.24) is 10.3 Å². The topological polar surface area (TPSA) is 121 Å². The number of ether oxygens (including phenoxy) is 1. The molecule has 8 nitrogen and oxygen atoms in total. The van der Waals surface area contributed by atoms with Gasteiger partial charge in [-0.3, -0.25) is 9.59 Å². The quantitative estimate of drug-likeness (QED) is 0.337. The Morgan fingerprint density at radius 1 is 1.17 bits per heavy atom. The Morgan fingerprint density at radius 2 is 1.97 bits per heavy atom. The second kappa shape index (κ2) is 12.8. The number of carbonyl (C=O) groups is 2. The number of nitrogens with zero attached hydrogens (tertiary/aromatic N) is 1. The van der Waals surface area contributed by atoms with E-state index in [-0.39, 0.29) is 25.2 Å². The first kappa shape index (κ1) is 26.1. The zero-order valence-corrected chi connectivity index (χ0v) is 20.7. The van der Waals surface area contributed by atoms with Crippen molar-refractivity contribution in [2.45, 2.75) is 57.0 Å². The number of rotatable bonds is 13. The molecular formula is C28H37N3O5. The zero-order chi connectivity index (χ0) is 25.3. The molecule has 0 saturated heterocycles. The largest absolute Gasteiger partial charge is 0.481 e. The fraction of sp³-hybridized carbons (Fsp3) is 0.536. The van der Waals surface area contributed by atoms with E-state index in [1.165, 1.54) is 5.56 Å². The number of aliphatic hydroxyl groups is 1. The number of aliphatic carboxylic acids is 1. The summed E-state index contributed by atoms with van der Waals surface area (Å²) < 4.78 is 5.92. The van der Waals surface area contributed by atoms with Crippen LogP contribution in [-0.2, 0) is 27.2 Å². The van der Waals surface area contributed by atoms with Crippen LogP contribution in [0.2, 0.25) is 0 Å². The van der Waals surface area contributed by atoms with Crippen LogP contribution in [0.1, 0.15) is 54.8 Å². The summed E-state index contributed by atoms with van der Waals surface area (Å²) in [6, 6.07) is 13.3. The number of carboxylic acids is 1. The van der Waals surface area contributed by atoms with Gasteiger partial charge in [-0.15, -0.1) is 0 Å². The van der Waals surface area contributed by atoms with E-state index in [0.29, 0.717) is 24.5 Å². The SMILES string of the molecule is O=C(O)C(CCOC1CC(CCc2ccc3c(n2)NCCC3)C1)CNC(=O)[C@@H](CO)c1ccccc1. The van der Waals surface area contributed by atoms with Gasteiger partial charge in [0.2, 0.25) is 5.91 Å². The molecule has 2 aliphatic rings. The molecule has 1 aromatic carbocycles. The molecule has 4 N–H and O–H groups in total. The maximum Gasteiger partial charge on any atom is 0.308 e. The molecule has 0 radical (unpaired) electrons. The van der Waals surface area contributed by atoms with Crippen molar-refractivity contribution in [3.63, 3.8) is 0 Å². The van der Waals surface area contributed by atoms with E-state index in [2.05, 4.69) is 22.8 Å². The molecule has 1 unspecified atom stereocenters. The number of carboxylic acid groups (broad SMARTS) is 1. The molecule has 1 fully saturated rings. The molecule has 1 aliphatic heterocycles. The molecule has 2 aromatic rings. The lowest BCUT2D eigenvalue weighted by molar-refractivity contribution is -0.143. The molecule has 2 heterocycles. The molecule has 36 heavy (non-hydrogen) atoms. The summed E-state index contributed by atoms with van der Waals surface area (Å²) in [6.07, 6.45) is 6.81. The number of carbonyl (C=O) groups excluding carboxylic acids is 1. The highest BCUT2D eigenvalue weighted by atomic mass is 16.5. The molecule has 4 rings (SSSR count). The van der Waals surface area contributed by atoms with Gasteiger partial charge in [0, 0.05) is 25.4 Å². The van der Waals surface area contributed by atoms with Gasteiger partial charge in [-0.1, -0.05) is 36.4 Å². The summed E-state index contributed by atoms with van der Waals surface area (Å²) in [5.41, 5.74) is 3.15. The molecule has 0 spiro atoms. The number of anilines is 1. The molecule has 1 amide bonds. The summed E-state index contributed by atoms with van der Waals surface area (Å²) in [5.74, 6) is -1.12. The number of hydrogen-bond donors (Lipinski definition) is 4. The third kappa shape index (κ3) is 7.04. The lowest BCUT2D eigenvalue weighted by Gasteiger charge is -2.35. The van der Waals surface area contributed by atoms with Crippen molar-refractivity contribution >= 4 is 17.7 Å². The average Bonchev–Trinajstić information content (AvgIpc) is 2.87. The standard InChI is InChI=1S/C28H37N3O5/c32-18-25(20-5-2-1-3-6-20)27(33)30-17-22(28(34)35)12-14-36-24-15-19(16-24)8-10-23-11-9-21-7-4-13-29-26(21)31-23/h1-3,5-6,9,11,19,22,24-25,32H,4,7-8,10,12-18H2,(H,29,31)(H,30,33)(H,34,35)/t19?,22?,24?,25-/m0/s1. The number of aromatic nitrogens is 1. The monoisotopic (exact) mass is 495 g/mol. The number of benzene rings is 1. The lowest BCUT2D eigenvalue weighted by Crippen LogP contribution is -2.38. The van der Waals surface area contributed by atoms with Crippen LogP contribution in [0.4, 0.5) is 5.82 Å². The van der Waals surface area contributed by atoms with Crippen molar-refractivity contribution < 1.29 is 24.5 Å². The van der Waals surface area contributed by atoms with Gasteiger partial charge in [0.05, 0.1) is 24.5 Å². The van der Waals surface area contributed by atoms with Gasteiger partial charge in [-0.25, -0.2) is 4.98 Å². The van der Waals surface area contributed by atoms with Crippen LogP contribution in [0.15, 0.2) is 42.5 Å². The number of hydrogen-bond acceptors (Lipinski definition) is 6. The third-order valence-electron chi connectivity index (χ3n) is 7.35. The van der Waals surface area contributed by atoms with Gasteiger partial charge in [0.15, 0.2) is 0 Å². The van der Waals surface area contributed by atoms with E-state index in [1.807, 2.05) is 6.07 Å². The van der Waals surface area contributed by atoms with Crippen molar-refractivity contribution in [2.24, 2.45) is 11.8 Å². The van der Waals surface area contributed by atoms with Gasteiger partial charge in [-0.05, 0) is 68.1 Å². The van der Waals surface area contributed by atoms with Crippen LogP contribution in [-0.4, -0.2) is 59.5 Å². The minimum atomic E-state index is -0.960. The van der Waals surface area contributed by atoms with E-state index < -0.39 is 17.8 Å². The highest BCUT2D eigenvalue weighted by molar-refractivity contribution is 5.84. The Hall–Kier alpha value is -2.97. The van der Waals surface area contributed by atoms with E-state index in [4.69, 9.17) is 9.72 Å². The maximum absolute atomic E-state index is 12.5. The first-order valence-electron chi connectivity index (χ1n) is 13.0. The normalized spacial score (nSPS) is 20.4. The van der Waals surface area contributed by atoms with Crippen molar-refractivity contribution in [3.8, 4) is 0 Å². The Balaban J connectivity index is 1.13. The van der Waals surface area contributed by atoms with E-state index in [0.717, 1.165) is 56.6 Å². The van der Waals surface area contributed by atoms with E-state index in [9.17, 15) is 19.8 Å². The Morgan fingerprint density at radius 3 is 2.72 bits per heavy atom. The third-order valence-corrected chi connectivity index (χ3v) is 7.35. The highest BCUT2D eigenvalue weighted by Crippen LogP contribution is 2.34. The van der Waals surface area contributed by atoms with Gasteiger partial charge in [0.1, 0.15) is 5.82 Å². The van der Waals surface area contributed by atoms with Crippen LogP contribution in [0.3, 0.4) is 0 Å². The highest BCUT2D eigenvalue weighted by Gasteiger charge is 2.30.